The van der Waals surface area contributed by atoms with Crippen molar-refractivity contribution in [1.29, 1.82) is 0 Å². The summed E-state index contributed by atoms with van der Waals surface area (Å²) < 4.78 is 22.3. The molecule has 4 heteroatoms. The van der Waals surface area contributed by atoms with Crippen LogP contribution in [0.5, 0.6) is 0 Å². The number of rotatable bonds is 4. The number of benzene rings is 1. The molecule has 17 heavy (non-hydrogen) atoms. The summed E-state index contributed by atoms with van der Waals surface area (Å²) in [6.07, 6.45) is 5.71. The lowest BCUT2D eigenvalue weighted by Gasteiger charge is -2.06. The van der Waals surface area contributed by atoms with Gasteiger partial charge in [-0.25, -0.2) is 8.42 Å². The third-order valence-electron chi connectivity index (χ3n) is 2.54. The van der Waals surface area contributed by atoms with Crippen molar-refractivity contribution in [3.05, 3.63) is 53.5 Å². The van der Waals surface area contributed by atoms with Gasteiger partial charge in [-0.05, 0) is 5.56 Å². The van der Waals surface area contributed by atoms with E-state index in [0.29, 0.717) is 6.54 Å². The Kier molecular flexibility index (Phi) is 3.76. The summed E-state index contributed by atoms with van der Waals surface area (Å²) in [6, 6.07) is 9.94. The third-order valence-corrected chi connectivity index (χ3v) is 3.93. The molecule has 0 saturated carbocycles. The molecule has 0 aromatic heterocycles. The topological polar surface area (TPSA) is 46.2 Å². The van der Waals surface area contributed by atoms with Crippen LogP contribution in [0.15, 0.2) is 47.9 Å². The number of hydrogen-bond donors (Lipinski definition) is 1. The van der Waals surface area contributed by atoms with Gasteiger partial charge in [-0.1, -0.05) is 48.6 Å². The lowest BCUT2D eigenvalue weighted by Crippen LogP contribution is -2.29. The van der Waals surface area contributed by atoms with E-state index in [9.17, 15) is 8.42 Å². The standard InChI is InChI=1S/C13H15NO2S/c15-17(16)10-8-13(11-17)14-9-4-7-12-5-2-1-3-6-12/h1-8,10,13-14H,9,11H2. The molecule has 3 nitrogen and oxygen atoms in total. The Bertz CT molecular complexity index is 518. The van der Waals surface area contributed by atoms with Gasteiger partial charge in [0.15, 0.2) is 9.84 Å². The molecule has 1 heterocycles. The van der Waals surface area contributed by atoms with Gasteiger partial charge in [-0.2, -0.15) is 0 Å². The molecule has 0 aliphatic carbocycles. The van der Waals surface area contributed by atoms with Crippen LogP contribution in [0.2, 0.25) is 0 Å². The van der Waals surface area contributed by atoms with E-state index in [0.717, 1.165) is 5.56 Å². The minimum atomic E-state index is -2.95. The van der Waals surface area contributed by atoms with E-state index in [1.807, 2.05) is 42.5 Å². The van der Waals surface area contributed by atoms with Crippen molar-refractivity contribution in [3.63, 3.8) is 0 Å². The molecule has 1 aliphatic rings. The van der Waals surface area contributed by atoms with E-state index in [4.69, 9.17) is 0 Å². The first-order valence-electron chi connectivity index (χ1n) is 5.52. The summed E-state index contributed by atoms with van der Waals surface area (Å²) in [5.74, 6) is 0.173. The number of hydrogen-bond acceptors (Lipinski definition) is 3. The molecular weight excluding hydrogens is 234 g/mol. The molecule has 1 aromatic carbocycles. The van der Waals surface area contributed by atoms with Crippen molar-refractivity contribution in [2.75, 3.05) is 12.3 Å². The van der Waals surface area contributed by atoms with Gasteiger partial charge in [0.25, 0.3) is 0 Å². The number of sulfone groups is 1. The van der Waals surface area contributed by atoms with Crippen LogP contribution in [-0.2, 0) is 9.84 Å². The minimum Gasteiger partial charge on any atom is -0.306 e. The fourth-order valence-corrected chi connectivity index (χ4v) is 2.95. The van der Waals surface area contributed by atoms with Crippen LogP contribution in [-0.4, -0.2) is 26.8 Å². The van der Waals surface area contributed by atoms with Crippen molar-refractivity contribution in [1.82, 2.24) is 5.32 Å². The molecule has 0 fully saturated rings. The van der Waals surface area contributed by atoms with Crippen molar-refractivity contribution in [2.45, 2.75) is 6.04 Å². The molecule has 1 N–H and O–H groups in total. The van der Waals surface area contributed by atoms with Gasteiger partial charge in [-0.15, -0.1) is 0 Å². The van der Waals surface area contributed by atoms with Crippen LogP contribution < -0.4 is 5.32 Å². The summed E-state index contributed by atoms with van der Waals surface area (Å²) >= 11 is 0. The van der Waals surface area contributed by atoms with E-state index < -0.39 is 9.84 Å². The van der Waals surface area contributed by atoms with Crippen LogP contribution >= 0.6 is 0 Å². The van der Waals surface area contributed by atoms with Crippen LogP contribution in [0.1, 0.15) is 5.56 Å². The molecule has 0 bridgehead atoms. The van der Waals surface area contributed by atoms with E-state index >= 15 is 0 Å². The molecule has 90 valence electrons. The Hall–Kier alpha value is -1.39. The second-order valence-corrected chi connectivity index (χ2v) is 5.92. The molecular formula is C13H15NO2S. The van der Waals surface area contributed by atoms with Gasteiger partial charge in [0, 0.05) is 18.0 Å². The number of nitrogens with one attached hydrogen (secondary N) is 1. The van der Waals surface area contributed by atoms with Gasteiger partial charge in [0.1, 0.15) is 0 Å². The van der Waals surface area contributed by atoms with Crippen LogP contribution in [0, 0.1) is 0 Å². The molecule has 0 spiro atoms. The molecule has 1 atom stereocenters. The zero-order valence-electron chi connectivity index (χ0n) is 9.41. The van der Waals surface area contributed by atoms with E-state index in [1.165, 1.54) is 5.41 Å². The monoisotopic (exact) mass is 249 g/mol. The molecule has 1 aliphatic heterocycles. The Morgan fingerprint density at radius 3 is 2.71 bits per heavy atom. The second kappa shape index (κ2) is 5.29. The summed E-state index contributed by atoms with van der Waals surface area (Å²) in [6.45, 7) is 0.666. The maximum atomic E-state index is 11.2. The molecule has 0 amide bonds. The Balaban J connectivity index is 1.78. The van der Waals surface area contributed by atoms with Crippen LogP contribution in [0.3, 0.4) is 0 Å². The smallest absolute Gasteiger partial charge is 0.173 e. The summed E-state index contributed by atoms with van der Waals surface area (Å²) in [5.41, 5.74) is 1.14. The largest absolute Gasteiger partial charge is 0.306 e. The first-order valence-corrected chi connectivity index (χ1v) is 7.23. The van der Waals surface area contributed by atoms with E-state index in [-0.39, 0.29) is 11.8 Å². The van der Waals surface area contributed by atoms with E-state index in [2.05, 4.69) is 5.32 Å². The summed E-state index contributed by atoms with van der Waals surface area (Å²) in [5, 5.41) is 4.44. The van der Waals surface area contributed by atoms with Gasteiger partial charge in [-0.3, -0.25) is 0 Å². The summed E-state index contributed by atoms with van der Waals surface area (Å²) in [4.78, 5) is 0. The highest BCUT2D eigenvalue weighted by Crippen LogP contribution is 2.07. The zero-order valence-corrected chi connectivity index (χ0v) is 10.2. The van der Waals surface area contributed by atoms with Gasteiger partial charge >= 0.3 is 0 Å². The normalized spacial score (nSPS) is 22.2. The fourth-order valence-electron chi connectivity index (χ4n) is 1.68. The molecule has 0 radical (unpaired) electrons. The molecule has 1 unspecified atom stereocenters. The predicted octanol–water partition coefficient (Wildman–Crippen LogP) is 1.60. The maximum Gasteiger partial charge on any atom is 0.173 e. The fraction of sp³-hybridized carbons (Fsp3) is 0.231. The predicted molar refractivity (Wildman–Crippen MR) is 70.2 cm³/mol. The first-order chi connectivity index (χ1) is 8.16. The average molecular weight is 249 g/mol. The highest BCUT2D eigenvalue weighted by Gasteiger charge is 2.20. The van der Waals surface area contributed by atoms with Gasteiger partial charge in [0.2, 0.25) is 0 Å². The SMILES string of the molecule is O=S1(=O)C=CC(NCC=Cc2ccccc2)C1. The third kappa shape index (κ3) is 3.84. The average Bonchev–Trinajstić information content (AvgIpc) is 2.66. The van der Waals surface area contributed by atoms with Gasteiger partial charge < -0.3 is 5.32 Å². The van der Waals surface area contributed by atoms with Crippen molar-refractivity contribution in [3.8, 4) is 0 Å². The lowest BCUT2D eigenvalue weighted by atomic mass is 10.2. The highest BCUT2D eigenvalue weighted by atomic mass is 32.2. The van der Waals surface area contributed by atoms with Crippen LogP contribution in [0.25, 0.3) is 6.08 Å². The Labute approximate surface area is 102 Å². The molecule has 2 rings (SSSR count). The quantitative estimate of drug-likeness (QED) is 0.881. The Morgan fingerprint density at radius 2 is 2.06 bits per heavy atom. The lowest BCUT2D eigenvalue weighted by molar-refractivity contribution is 0.597. The van der Waals surface area contributed by atoms with Crippen molar-refractivity contribution < 1.29 is 8.42 Å². The second-order valence-electron chi connectivity index (χ2n) is 3.99. The highest BCUT2D eigenvalue weighted by molar-refractivity contribution is 7.94. The van der Waals surface area contributed by atoms with Crippen LogP contribution in [0.4, 0.5) is 0 Å². The maximum absolute atomic E-state index is 11.2. The minimum absolute atomic E-state index is 0.0552. The summed E-state index contributed by atoms with van der Waals surface area (Å²) in [7, 11) is -2.95. The van der Waals surface area contributed by atoms with Crippen molar-refractivity contribution in [2.24, 2.45) is 0 Å². The zero-order chi connectivity index (χ0) is 12.1. The first kappa shape index (κ1) is 12.1. The van der Waals surface area contributed by atoms with E-state index in [1.54, 1.807) is 6.08 Å². The molecule has 1 aromatic rings. The molecule has 0 saturated heterocycles. The van der Waals surface area contributed by atoms with Crippen molar-refractivity contribution >= 4 is 15.9 Å². The van der Waals surface area contributed by atoms with Gasteiger partial charge in [0.05, 0.1) is 5.75 Å². The Morgan fingerprint density at radius 1 is 1.29 bits per heavy atom.